The Morgan fingerprint density at radius 2 is 1.83 bits per heavy atom. The van der Waals surface area contributed by atoms with Crippen molar-refractivity contribution in [3.8, 4) is 0 Å². The lowest BCUT2D eigenvalue weighted by Crippen LogP contribution is -2.25. The van der Waals surface area contributed by atoms with Crippen LogP contribution in [0.1, 0.15) is 38.0 Å². The Morgan fingerprint density at radius 3 is 2.28 bits per heavy atom. The van der Waals surface area contributed by atoms with E-state index in [9.17, 15) is 4.79 Å². The van der Waals surface area contributed by atoms with Crippen molar-refractivity contribution >= 4 is 6.16 Å². The zero-order chi connectivity index (χ0) is 13.8. The van der Waals surface area contributed by atoms with Gasteiger partial charge >= 0.3 is 6.16 Å². The number of hydrogen-bond donors (Lipinski definition) is 0. The van der Waals surface area contributed by atoms with Crippen LogP contribution in [-0.2, 0) is 9.47 Å². The Hall–Kier alpha value is -1.77. The Kier molecular flexibility index (Phi) is 4.54. The van der Waals surface area contributed by atoms with E-state index >= 15 is 0 Å². The third kappa shape index (κ3) is 4.62. The van der Waals surface area contributed by atoms with Crippen LogP contribution < -0.4 is 0 Å². The van der Waals surface area contributed by atoms with Crippen molar-refractivity contribution in [3.05, 3.63) is 48.0 Å². The van der Waals surface area contributed by atoms with Gasteiger partial charge in [0.05, 0.1) is 0 Å². The summed E-state index contributed by atoms with van der Waals surface area (Å²) in [6.45, 7) is 11.1. The van der Waals surface area contributed by atoms with Crippen molar-refractivity contribution in [1.82, 2.24) is 0 Å². The summed E-state index contributed by atoms with van der Waals surface area (Å²) in [5, 5.41) is 0. The van der Waals surface area contributed by atoms with Crippen LogP contribution in [0.4, 0.5) is 4.79 Å². The summed E-state index contributed by atoms with van der Waals surface area (Å²) in [7, 11) is 0. The highest BCUT2D eigenvalue weighted by molar-refractivity contribution is 5.61. The van der Waals surface area contributed by atoms with Gasteiger partial charge in [0.25, 0.3) is 0 Å². The minimum absolute atomic E-state index is 0.486. The average Bonchev–Trinajstić information content (AvgIpc) is 2.25. The molecule has 0 aliphatic carbocycles. The SMILES string of the molecule is C=CC(OC(=O)OC(C)(C)C)c1ccc(C)cc1. The van der Waals surface area contributed by atoms with Gasteiger partial charge in [0.2, 0.25) is 0 Å². The molecule has 0 saturated heterocycles. The highest BCUT2D eigenvalue weighted by Gasteiger charge is 2.20. The third-order valence-corrected chi connectivity index (χ3v) is 2.23. The minimum atomic E-state index is -0.687. The van der Waals surface area contributed by atoms with Crippen molar-refractivity contribution in [2.24, 2.45) is 0 Å². The fourth-order valence-corrected chi connectivity index (χ4v) is 1.39. The highest BCUT2D eigenvalue weighted by Crippen LogP contribution is 2.21. The average molecular weight is 248 g/mol. The molecule has 0 bridgehead atoms. The zero-order valence-corrected chi connectivity index (χ0v) is 11.4. The maximum atomic E-state index is 11.6. The molecule has 98 valence electrons. The van der Waals surface area contributed by atoms with Gasteiger partial charge in [-0.2, -0.15) is 0 Å². The van der Waals surface area contributed by atoms with Gasteiger partial charge in [0.1, 0.15) is 11.7 Å². The lowest BCUT2D eigenvalue weighted by atomic mass is 10.1. The van der Waals surface area contributed by atoms with Crippen LogP contribution in [0.2, 0.25) is 0 Å². The van der Waals surface area contributed by atoms with Crippen LogP contribution in [0.25, 0.3) is 0 Å². The summed E-state index contributed by atoms with van der Waals surface area (Å²) in [6.07, 6.45) is 0.405. The zero-order valence-electron chi connectivity index (χ0n) is 11.4. The minimum Gasteiger partial charge on any atom is -0.429 e. The fraction of sp³-hybridized carbons (Fsp3) is 0.400. The Balaban J connectivity index is 2.71. The molecule has 1 aromatic rings. The first-order chi connectivity index (χ1) is 8.31. The van der Waals surface area contributed by atoms with Gasteiger partial charge in [-0.1, -0.05) is 36.4 Å². The molecule has 0 N–H and O–H groups in total. The van der Waals surface area contributed by atoms with Gasteiger partial charge in [-0.3, -0.25) is 0 Å². The molecule has 1 rings (SSSR count). The quantitative estimate of drug-likeness (QED) is 0.594. The van der Waals surface area contributed by atoms with Gasteiger partial charge in [0, 0.05) is 0 Å². The van der Waals surface area contributed by atoms with E-state index in [0.29, 0.717) is 0 Å². The maximum Gasteiger partial charge on any atom is 0.509 e. The molecule has 0 saturated carbocycles. The van der Waals surface area contributed by atoms with Crippen LogP contribution >= 0.6 is 0 Å². The molecule has 3 nitrogen and oxygen atoms in total. The number of benzene rings is 1. The van der Waals surface area contributed by atoms with Gasteiger partial charge in [0.15, 0.2) is 0 Å². The first kappa shape index (κ1) is 14.3. The Morgan fingerprint density at radius 1 is 1.28 bits per heavy atom. The molecular formula is C15H20O3. The largest absolute Gasteiger partial charge is 0.509 e. The second kappa shape index (κ2) is 5.71. The van der Waals surface area contributed by atoms with E-state index in [-0.39, 0.29) is 0 Å². The summed E-state index contributed by atoms with van der Waals surface area (Å²) in [5.41, 5.74) is 1.47. The monoisotopic (exact) mass is 248 g/mol. The van der Waals surface area contributed by atoms with Crippen molar-refractivity contribution in [2.45, 2.75) is 39.4 Å². The van der Waals surface area contributed by atoms with Crippen LogP contribution in [0, 0.1) is 6.92 Å². The molecular weight excluding hydrogens is 228 g/mol. The van der Waals surface area contributed by atoms with E-state index in [4.69, 9.17) is 9.47 Å². The van der Waals surface area contributed by atoms with E-state index in [0.717, 1.165) is 11.1 Å². The van der Waals surface area contributed by atoms with E-state index in [1.165, 1.54) is 0 Å². The molecule has 1 aromatic carbocycles. The number of rotatable bonds is 3. The van der Waals surface area contributed by atoms with Crippen LogP contribution in [0.3, 0.4) is 0 Å². The van der Waals surface area contributed by atoms with Crippen molar-refractivity contribution in [2.75, 3.05) is 0 Å². The topological polar surface area (TPSA) is 35.5 Å². The van der Waals surface area contributed by atoms with Crippen molar-refractivity contribution in [3.63, 3.8) is 0 Å². The summed E-state index contributed by atoms with van der Waals surface area (Å²) in [5.74, 6) is 0. The van der Waals surface area contributed by atoms with Gasteiger partial charge in [-0.05, 0) is 39.3 Å². The van der Waals surface area contributed by atoms with E-state index in [1.807, 2.05) is 31.2 Å². The Labute approximate surface area is 108 Å². The molecule has 0 aliphatic heterocycles. The van der Waals surface area contributed by atoms with Crippen LogP contribution in [0.15, 0.2) is 36.9 Å². The van der Waals surface area contributed by atoms with E-state index in [2.05, 4.69) is 6.58 Å². The van der Waals surface area contributed by atoms with Crippen molar-refractivity contribution in [1.29, 1.82) is 0 Å². The molecule has 0 aromatic heterocycles. The van der Waals surface area contributed by atoms with Gasteiger partial charge in [-0.15, -0.1) is 0 Å². The molecule has 18 heavy (non-hydrogen) atoms. The summed E-state index contributed by atoms with van der Waals surface area (Å²) in [4.78, 5) is 11.6. The summed E-state index contributed by atoms with van der Waals surface area (Å²) < 4.78 is 10.3. The number of carbonyl (C=O) groups excluding carboxylic acids is 1. The lowest BCUT2D eigenvalue weighted by molar-refractivity contribution is -0.0188. The molecule has 0 aliphatic rings. The molecule has 0 radical (unpaired) electrons. The lowest BCUT2D eigenvalue weighted by Gasteiger charge is -2.21. The molecule has 1 atom stereocenters. The maximum absolute atomic E-state index is 11.6. The summed E-state index contributed by atoms with van der Waals surface area (Å²) >= 11 is 0. The molecule has 0 amide bonds. The molecule has 3 heteroatoms. The molecule has 0 heterocycles. The number of carbonyl (C=O) groups is 1. The third-order valence-electron chi connectivity index (χ3n) is 2.23. The van der Waals surface area contributed by atoms with E-state index in [1.54, 1.807) is 26.8 Å². The van der Waals surface area contributed by atoms with Gasteiger partial charge < -0.3 is 9.47 Å². The molecule has 0 fully saturated rings. The summed E-state index contributed by atoms with van der Waals surface area (Å²) in [6, 6.07) is 7.74. The van der Waals surface area contributed by atoms with Crippen molar-refractivity contribution < 1.29 is 14.3 Å². The van der Waals surface area contributed by atoms with E-state index < -0.39 is 17.9 Å². The predicted octanol–water partition coefficient (Wildman–Crippen LogP) is 4.17. The number of ether oxygens (including phenoxy) is 2. The second-order valence-corrected chi connectivity index (χ2v) is 5.15. The second-order valence-electron chi connectivity index (χ2n) is 5.15. The molecule has 0 spiro atoms. The van der Waals surface area contributed by atoms with Crippen LogP contribution in [-0.4, -0.2) is 11.8 Å². The smallest absolute Gasteiger partial charge is 0.429 e. The standard InChI is InChI=1S/C15H20O3/c1-6-13(12-9-7-11(2)8-10-12)17-14(16)18-15(3,4)5/h6-10,13H,1H2,2-5H3. The number of hydrogen-bond acceptors (Lipinski definition) is 3. The number of aryl methyl sites for hydroxylation is 1. The fourth-order valence-electron chi connectivity index (χ4n) is 1.39. The van der Waals surface area contributed by atoms with Crippen LogP contribution in [0.5, 0.6) is 0 Å². The van der Waals surface area contributed by atoms with Gasteiger partial charge in [-0.25, -0.2) is 4.79 Å². The normalized spacial score (nSPS) is 12.7. The first-order valence-corrected chi connectivity index (χ1v) is 5.90. The first-order valence-electron chi connectivity index (χ1n) is 5.90. The highest BCUT2D eigenvalue weighted by atomic mass is 16.7. The molecule has 1 unspecified atom stereocenters. The predicted molar refractivity (Wildman–Crippen MR) is 71.4 cm³/mol. The Bertz CT molecular complexity index is 412.